The number of aromatic nitrogens is 1. The molecule has 7 heteroatoms. The van der Waals surface area contributed by atoms with E-state index < -0.39 is 11.9 Å². The summed E-state index contributed by atoms with van der Waals surface area (Å²) < 4.78 is 36.8. The first-order valence-electron chi connectivity index (χ1n) is 5.29. The highest BCUT2D eigenvalue weighted by atomic mass is 19.4. The Kier molecular flexibility index (Phi) is 4.66. The Morgan fingerprint density at radius 3 is 2.56 bits per heavy atom. The molecule has 0 atom stereocenters. The Balaban J connectivity index is 2.76. The average molecular weight is 261 g/mol. The summed E-state index contributed by atoms with van der Waals surface area (Å²) in [6, 6.07) is 1.94. The smallest absolute Gasteiger partial charge is 0.340 e. The van der Waals surface area contributed by atoms with Crippen LogP contribution in [-0.2, 0) is 6.18 Å². The van der Waals surface area contributed by atoms with E-state index in [9.17, 15) is 18.0 Å². The summed E-state index contributed by atoms with van der Waals surface area (Å²) in [7, 11) is 3.33. The quantitative estimate of drug-likeness (QED) is 0.891. The summed E-state index contributed by atoms with van der Waals surface area (Å²) in [5, 5.41) is 2.88. The van der Waals surface area contributed by atoms with E-state index in [1.54, 1.807) is 14.1 Å². The molecule has 0 saturated heterocycles. The van der Waals surface area contributed by atoms with Crippen molar-refractivity contribution in [3.63, 3.8) is 0 Å². The second-order valence-corrected chi connectivity index (χ2v) is 3.76. The van der Waals surface area contributed by atoms with Crippen LogP contribution in [0.15, 0.2) is 18.3 Å². The molecule has 0 unspecified atom stereocenters. The van der Waals surface area contributed by atoms with Gasteiger partial charge in [0.15, 0.2) is 0 Å². The zero-order valence-corrected chi connectivity index (χ0v) is 10.1. The number of rotatable bonds is 4. The average Bonchev–Trinajstić information content (AvgIpc) is 2.34. The maximum absolute atomic E-state index is 12.3. The molecule has 0 radical (unpaired) electrons. The number of pyridine rings is 1. The van der Waals surface area contributed by atoms with Crippen LogP contribution in [-0.4, -0.2) is 43.0 Å². The molecule has 1 aromatic heterocycles. The van der Waals surface area contributed by atoms with E-state index in [0.717, 1.165) is 18.3 Å². The highest BCUT2D eigenvalue weighted by Crippen LogP contribution is 2.27. The highest BCUT2D eigenvalue weighted by molar-refractivity contribution is 5.93. The predicted molar refractivity (Wildman–Crippen MR) is 60.1 cm³/mol. The third-order valence-corrected chi connectivity index (χ3v) is 2.34. The Morgan fingerprint density at radius 2 is 2.11 bits per heavy atom. The second kappa shape index (κ2) is 5.81. The first kappa shape index (κ1) is 14.4. The molecule has 1 rings (SSSR count). The van der Waals surface area contributed by atoms with Gasteiger partial charge in [0.1, 0.15) is 5.69 Å². The van der Waals surface area contributed by atoms with Gasteiger partial charge in [-0.15, -0.1) is 0 Å². The Labute approximate surface area is 103 Å². The number of halogens is 3. The molecule has 0 aliphatic heterocycles. The molecule has 0 aliphatic carbocycles. The van der Waals surface area contributed by atoms with Crippen molar-refractivity contribution >= 4 is 5.91 Å². The lowest BCUT2D eigenvalue weighted by molar-refractivity contribution is -0.141. The van der Waals surface area contributed by atoms with Gasteiger partial charge < -0.3 is 10.2 Å². The fourth-order valence-corrected chi connectivity index (χ4v) is 1.29. The molecule has 1 N–H and O–H groups in total. The van der Waals surface area contributed by atoms with E-state index in [2.05, 4.69) is 10.3 Å². The maximum atomic E-state index is 12.3. The van der Waals surface area contributed by atoms with Crippen molar-refractivity contribution in [2.24, 2.45) is 0 Å². The minimum absolute atomic E-state index is 0.140. The van der Waals surface area contributed by atoms with E-state index in [4.69, 9.17) is 0 Å². The van der Waals surface area contributed by atoms with E-state index in [0.29, 0.717) is 13.1 Å². The van der Waals surface area contributed by atoms with Crippen molar-refractivity contribution in [3.05, 3.63) is 29.6 Å². The van der Waals surface area contributed by atoms with Gasteiger partial charge in [-0.3, -0.25) is 9.78 Å². The molecule has 0 bridgehead atoms. The molecule has 1 heterocycles. The number of likely N-dealkylation sites (N-methyl/N-ethyl adjacent to an activating group) is 2. The zero-order valence-electron chi connectivity index (χ0n) is 10.1. The summed E-state index contributed by atoms with van der Waals surface area (Å²) in [5.74, 6) is -0.355. The van der Waals surface area contributed by atoms with Gasteiger partial charge in [-0.1, -0.05) is 0 Å². The standard InChI is InChI=1S/C11H14F3N3O/c1-15-5-6-17(2)10(18)8-3-4-9(16-7-8)11(12,13)14/h3-4,7,15H,5-6H2,1-2H3. The topological polar surface area (TPSA) is 45.2 Å². The van der Waals surface area contributed by atoms with Crippen LogP contribution in [0, 0.1) is 0 Å². The summed E-state index contributed by atoms with van der Waals surface area (Å²) >= 11 is 0. The molecular formula is C11H14F3N3O. The van der Waals surface area contributed by atoms with Crippen LogP contribution < -0.4 is 5.32 Å². The molecular weight excluding hydrogens is 247 g/mol. The fraction of sp³-hybridized carbons (Fsp3) is 0.455. The summed E-state index contributed by atoms with van der Waals surface area (Å²) in [5.41, 5.74) is -0.862. The normalized spacial score (nSPS) is 11.4. The summed E-state index contributed by atoms with van der Waals surface area (Å²) in [6.45, 7) is 1.08. The van der Waals surface area contributed by atoms with Gasteiger partial charge in [0.25, 0.3) is 5.91 Å². The number of carbonyl (C=O) groups is 1. The van der Waals surface area contributed by atoms with E-state index in [1.807, 2.05) is 0 Å². The van der Waals surface area contributed by atoms with Crippen LogP contribution >= 0.6 is 0 Å². The molecule has 0 spiro atoms. The zero-order chi connectivity index (χ0) is 13.8. The van der Waals surface area contributed by atoms with Crippen LogP contribution in [0.2, 0.25) is 0 Å². The number of hydrogen-bond donors (Lipinski definition) is 1. The maximum Gasteiger partial charge on any atom is 0.433 e. The second-order valence-electron chi connectivity index (χ2n) is 3.76. The van der Waals surface area contributed by atoms with Gasteiger partial charge >= 0.3 is 6.18 Å². The predicted octanol–water partition coefficient (Wildman–Crippen LogP) is 1.39. The van der Waals surface area contributed by atoms with Crippen molar-refractivity contribution in [3.8, 4) is 0 Å². The van der Waals surface area contributed by atoms with Crippen LogP contribution in [0.1, 0.15) is 16.1 Å². The van der Waals surface area contributed by atoms with Gasteiger partial charge in [-0.25, -0.2) is 0 Å². The first-order chi connectivity index (χ1) is 8.36. The summed E-state index contributed by atoms with van der Waals surface area (Å²) in [6.07, 6.45) is -3.54. The van der Waals surface area contributed by atoms with E-state index >= 15 is 0 Å². The minimum Gasteiger partial charge on any atom is -0.340 e. The number of hydrogen-bond acceptors (Lipinski definition) is 3. The lowest BCUT2D eigenvalue weighted by Gasteiger charge is -2.16. The highest BCUT2D eigenvalue weighted by Gasteiger charge is 2.32. The van der Waals surface area contributed by atoms with E-state index in [-0.39, 0.29) is 11.5 Å². The Bertz CT molecular complexity index is 403. The number of alkyl halides is 3. The third-order valence-electron chi connectivity index (χ3n) is 2.34. The molecule has 0 fully saturated rings. The number of carbonyl (C=O) groups excluding carboxylic acids is 1. The van der Waals surface area contributed by atoms with Gasteiger partial charge in [-0.2, -0.15) is 13.2 Å². The first-order valence-corrected chi connectivity index (χ1v) is 5.29. The van der Waals surface area contributed by atoms with Gasteiger partial charge in [0.05, 0.1) is 5.56 Å². The van der Waals surface area contributed by atoms with Crippen molar-refractivity contribution in [1.29, 1.82) is 0 Å². The molecule has 1 aromatic rings. The largest absolute Gasteiger partial charge is 0.433 e. The van der Waals surface area contributed by atoms with E-state index in [1.165, 1.54) is 4.90 Å². The van der Waals surface area contributed by atoms with Gasteiger partial charge in [0.2, 0.25) is 0 Å². The van der Waals surface area contributed by atoms with Crippen LogP contribution in [0.3, 0.4) is 0 Å². The molecule has 4 nitrogen and oxygen atoms in total. The van der Waals surface area contributed by atoms with Crippen molar-refractivity contribution in [1.82, 2.24) is 15.2 Å². The SMILES string of the molecule is CNCCN(C)C(=O)c1ccc(C(F)(F)F)nc1. The Hall–Kier alpha value is -1.63. The third kappa shape index (κ3) is 3.69. The van der Waals surface area contributed by atoms with Crippen LogP contribution in [0.25, 0.3) is 0 Å². The van der Waals surface area contributed by atoms with Crippen LogP contribution in [0.4, 0.5) is 13.2 Å². The minimum atomic E-state index is -4.49. The molecule has 100 valence electrons. The Morgan fingerprint density at radius 1 is 1.44 bits per heavy atom. The molecule has 1 amide bonds. The number of nitrogens with one attached hydrogen (secondary N) is 1. The monoisotopic (exact) mass is 261 g/mol. The molecule has 0 saturated carbocycles. The molecule has 18 heavy (non-hydrogen) atoms. The van der Waals surface area contributed by atoms with Gasteiger partial charge in [0, 0.05) is 26.3 Å². The van der Waals surface area contributed by atoms with Crippen molar-refractivity contribution in [2.75, 3.05) is 27.2 Å². The van der Waals surface area contributed by atoms with Crippen LogP contribution in [0.5, 0.6) is 0 Å². The van der Waals surface area contributed by atoms with Gasteiger partial charge in [-0.05, 0) is 19.2 Å². The molecule has 0 aliphatic rings. The molecule has 0 aromatic carbocycles. The van der Waals surface area contributed by atoms with Crippen molar-refractivity contribution < 1.29 is 18.0 Å². The fourth-order valence-electron chi connectivity index (χ4n) is 1.29. The lowest BCUT2D eigenvalue weighted by Crippen LogP contribution is -2.32. The number of amides is 1. The number of nitrogens with zero attached hydrogens (tertiary/aromatic N) is 2. The lowest BCUT2D eigenvalue weighted by atomic mass is 10.2. The summed E-state index contributed by atoms with van der Waals surface area (Å²) in [4.78, 5) is 16.5. The van der Waals surface area contributed by atoms with Crippen molar-refractivity contribution in [2.45, 2.75) is 6.18 Å².